The molecule has 3 rings (SSSR count). The quantitative estimate of drug-likeness (QED) is 0.667. The van der Waals surface area contributed by atoms with E-state index < -0.39 is 47.9 Å². The first-order valence-corrected chi connectivity index (χ1v) is 8.58. The highest BCUT2D eigenvalue weighted by Crippen LogP contribution is 2.43. The smallest absolute Gasteiger partial charge is 0.310 e. The fourth-order valence-corrected chi connectivity index (χ4v) is 3.58. The Balaban J connectivity index is 1.54. The summed E-state index contributed by atoms with van der Waals surface area (Å²) in [7, 11) is 0. The number of aliphatic carboxylic acids is 1. The van der Waals surface area contributed by atoms with Crippen molar-refractivity contribution >= 4 is 17.8 Å². The van der Waals surface area contributed by atoms with E-state index in [0.717, 1.165) is 5.56 Å². The number of amides is 2. The van der Waals surface area contributed by atoms with Crippen LogP contribution in [0.15, 0.2) is 24.3 Å². The van der Waals surface area contributed by atoms with Crippen molar-refractivity contribution < 1.29 is 29.0 Å². The normalized spacial score (nSPS) is 27.6. The van der Waals surface area contributed by atoms with E-state index in [2.05, 4.69) is 10.9 Å². The van der Waals surface area contributed by atoms with Crippen molar-refractivity contribution in [1.29, 1.82) is 0 Å². The molecule has 2 saturated heterocycles. The van der Waals surface area contributed by atoms with Crippen molar-refractivity contribution in [2.75, 3.05) is 0 Å². The number of carbonyl (C=O) groups is 3. The van der Waals surface area contributed by atoms with Gasteiger partial charge in [-0.15, -0.1) is 0 Å². The van der Waals surface area contributed by atoms with Gasteiger partial charge in [-0.1, -0.05) is 12.1 Å². The lowest BCUT2D eigenvalue weighted by Crippen LogP contribution is -2.52. The summed E-state index contributed by atoms with van der Waals surface area (Å²) in [5.74, 6) is -3.28. The molecule has 2 amide bonds. The van der Waals surface area contributed by atoms with Crippen LogP contribution in [0, 0.1) is 18.8 Å². The Morgan fingerprint density at radius 1 is 1.19 bits per heavy atom. The molecule has 2 aliphatic heterocycles. The van der Waals surface area contributed by atoms with Gasteiger partial charge in [0.15, 0.2) is 6.10 Å². The predicted molar refractivity (Wildman–Crippen MR) is 90.1 cm³/mol. The largest absolute Gasteiger partial charge is 0.481 e. The van der Waals surface area contributed by atoms with Crippen molar-refractivity contribution in [3.8, 4) is 5.75 Å². The van der Waals surface area contributed by atoms with Crippen LogP contribution in [0.5, 0.6) is 5.75 Å². The van der Waals surface area contributed by atoms with Gasteiger partial charge in [-0.2, -0.15) is 0 Å². The van der Waals surface area contributed by atoms with E-state index in [-0.39, 0.29) is 0 Å². The van der Waals surface area contributed by atoms with Gasteiger partial charge < -0.3 is 14.6 Å². The number of hydrazine groups is 1. The molecule has 0 saturated carbocycles. The summed E-state index contributed by atoms with van der Waals surface area (Å²) in [6.45, 7) is 3.47. The van der Waals surface area contributed by atoms with Gasteiger partial charge in [0, 0.05) is 0 Å². The zero-order valence-electron chi connectivity index (χ0n) is 14.6. The van der Waals surface area contributed by atoms with E-state index in [9.17, 15) is 19.5 Å². The molecule has 0 aliphatic carbocycles. The molecule has 2 heterocycles. The summed E-state index contributed by atoms with van der Waals surface area (Å²) in [4.78, 5) is 35.9. The summed E-state index contributed by atoms with van der Waals surface area (Å²) in [5.41, 5.74) is 5.61. The monoisotopic (exact) mass is 362 g/mol. The van der Waals surface area contributed by atoms with Crippen LogP contribution in [0.3, 0.4) is 0 Å². The Bertz CT molecular complexity index is 721. The summed E-state index contributed by atoms with van der Waals surface area (Å²) < 4.78 is 11.1. The lowest BCUT2D eigenvalue weighted by Gasteiger charge is -2.24. The number of hydrogen-bond donors (Lipinski definition) is 3. The number of nitrogens with one attached hydrogen (secondary N) is 2. The van der Waals surface area contributed by atoms with Gasteiger partial charge in [-0.25, -0.2) is 0 Å². The van der Waals surface area contributed by atoms with Gasteiger partial charge in [0.2, 0.25) is 5.91 Å². The molecule has 1 aromatic carbocycles. The second kappa shape index (κ2) is 7.33. The minimum absolute atomic E-state index is 0.418. The molecular formula is C18H22N2O6. The molecule has 0 radical (unpaired) electrons. The topological polar surface area (TPSA) is 114 Å². The Morgan fingerprint density at radius 2 is 1.88 bits per heavy atom. The van der Waals surface area contributed by atoms with Crippen LogP contribution in [0.1, 0.15) is 25.3 Å². The number of carboxylic acid groups (broad SMARTS) is 1. The zero-order valence-corrected chi connectivity index (χ0v) is 14.6. The van der Waals surface area contributed by atoms with E-state index in [1.807, 2.05) is 19.1 Å². The number of carbonyl (C=O) groups excluding carboxylic acids is 2. The summed E-state index contributed by atoms with van der Waals surface area (Å²) in [6.07, 6.45) is -0.401. The molecule has 8 heteroatoms. The van der Waals surface area contributed by atoms with Crippen LogP contribution in [0.25, 0.3) is 0 Å². The van der Waals surface area contributed by atoms with Crippen molar-refractivity contribution in [3.05, 3.63) is 29.8 Å². The Labute approximate surface area is 150 Å². The number of benzene rings is 1. The number of aryl methyl sites for hydroxylation is 1. The van der Waals surface area contributed by atoms with Crippen molar-refractivity contribution in [1.82, 2.24) is 10.9 Å². The number of ether oxygens (including phenoxy) is 2. The highest BCUT2D eigenvalue weighted by molar-refractivity contribution is 5.89. The van der Waals surface area contributed by atoms with Crippen LogP contribution in [0.4, 0.5) is 0 Å². The summed E-state index contributed by atoms with van der Waals surface area (Å²) in [6, 6.07) is 7.26. The lowest BCUT2D eigenvalue weighted by molar-refractivity contribution is -0.148. The first kappa shape index (κ1) is 18.2. The van der Waals surface area contributed by atoms with Crippen LogP contribution in [-0.4, -0.2) is 41.2 Å². The van der Waals surface area contributed by atoms with E-state index in [1.165, 1.54) is 0 Å². The van der Waals surface area contributed by atoms with Gasteiger partial charge in [0.05, 0.1) is 24.0 Å². The fraction of sp³-hybridized carbons (Fsp3) is 0.500. The Morgan fingerprint density at radius 3 is 2.54 bits per heavy atom. The van der Waals surface area contributed by atoms with Gasteiger partial charge >= 0.3 is 5.97 Å². The minimum atomic E-state index is -1.06. The zero-order chi connectivity index (χ0) is 18.8. The van der Waals surface area contributed by atoms with E-state index in [1.54, 1.807) is 19.1 Å². The average Bonchev–Trinajstić information content (AvgIpc) is 3.20. The summed E-state index contributed by atoms with van der Waals surface area (Å²) >= 11 is 0. The third kappa shape index (κ3) is 3.65. The maximum absolute atomic E-state index is 12.4. The van der Waals surface area contributed by atoms with Crippen molar-refractivity contribution in [3.63, 3.8) is 0 Å². The SMILES string of the molecule is Cc1cccc(O[C@H](C)C(=O)NNC(=O)[C@H]2[C@H](C(=O)O)[C@H]3CC[C@@H]2O3)c1. The average molecular weight is 362 g/mol. The molecule has 26 heavy (non-hydrogen) atoms. The number of rotatable bonds is 5. The molecule has 0 spiro atoms. The molecule has 0 aromatic heterocycles. The van der Waals surface area contributed by atoms with E-state index in [0.29, 0.717) is 18.6 Å². The van der Waals surface area contributed by atoms with Gasteiger partial charge in [-0.3, -0.25) is 25.2 Å². The van der Waals surface area contributed by atoms with Crippen LogP contribution in [-0.2, 0) is 19.1 Å². The molecule has 8 nitrogen and oxygen atoms in total. The molecule has 2 fully saturated rings. The predicted octanol–water partition coefficient (Wildman–Crippen LogP) is 0.788. The third-order valence-corrected chi connectivity index (χ3v) is 4.84. The standard InChI is InChI=1S/C18H22N2O6/c1-9-4-3-5-11(8-9)25-10(2)16(21)19-20-17(22)14-12-6-7-13(26-12)15(14)18(23)24/h3-5,8,10,12-15H,6-7H2,1-2H3,(H,19,21)(H,20,22)(H,23,24)/t10-,12+,13-,14-,15-/m1/s1. The molecule has 2 bridgehead atoms. The molecule has 2 aliphatic rings. The maximum Gasteiger partial charge on any atom is 0.310 e. The van der Waals surface area contributed by atoms with Crippen molar-refractivity contribution in [2.45, 2.75) is 45.0 Å². The van der Waals surface area contributed by atoms with Gasteiger partial charge in [0.1, 0.15) is 5.75 Å². The molecule has 3 N–H and O–H groups in total. The molecule has 140 valence electrons. The Hall–Kier alpha value is -2.61. The number of hydrogen-bond acceptors (Lipinski definition) is 5. The fourth-order valence-electron chi connectivity index (χ4n) is 3.58. The van der Waals surface area contributed by atoms with Crippen LogP contribution < -0.4 is 15.6 Å². The molecule has 1 aromatic rings. The van der Waals surface area contributed by atoms with Gasteiger partial charge in [0.25, 0.3) is 5.91 Å². The summed E-state index contributed by atoms with van der Waals surface area (Å²) in [5, 5.41) is 9.34. The first-order chi connectivity index (χ1) is 12.4. The molecule has 5 atom stereocenters. The maximum atomic E-state index is 12.4. The number of carboxylic acids is 1. The van der Waals surface area contributed by atoms with Crippen LogP contribution in [0.2, 0.25) is 0 Å². The third-order valence-electron chi connectivity index (χ3n) is 4.84. The Kier molecular flexibility index (Phi) is 5.13. The second-order valence-corrected chi connectivity index (χ2v) is 6.74. The van der Waals surface area contributed by atoms with Crippen molar-refractivity contribution in [2.24, 2.45) is 11.8 Å². The highest BCUT2D eigenvalue weighted by atomic mass is 16.5. The van der Waals surface area contributed by atoms with E-state index in [4.69, 9.17) is 9.47 Å². The molecule has 0 unspecified atom stereocenters. The minimum Gasteiger partial charge on any atom is -0.481 e. The number of fused-ring (bicyclic) bond motifs is 2. The molecular weight excluding hydrogens is 340 g/mol. The van der Waals surface area contributed by atoms with E-state index >= 15 is 0 Å². The van der Waals surface area contributed by atoms with Gasteiger partial charge in [-0.05, 0) is 44.4 Å². The lowest BCUT2D eigenvalue weighted by atomic mass is 9.79. The first-order valence-electron chi connectivity index (χ1n) is 8.58. The second-order valence-electron chi connectivity index (χ2n) is 6.74. The highest BCUT2D eigenvalue weighted by Gasteiger charge is 2.55. The van der Waals surface area contributed by atoms with Crippen LogP contribution >= 0.6 is 0 Å².